The van der Waals surface area contributed by atoms with Gasteiger partial charge in [-0.3, -0.25) is 4.79 Å². The fraction of sp³-hybridized carbons (Fsp3) is 0.444. The van der Waals surface area contributed by atoms with Crippen molar-refractivity contribution in [1.29, 1.82) is 0 Å². The molecule has 0 amide bonds. The number of carboxylic acids is 1. The first-order valence-electron chi connectivity index (χ1n) is 8.47. The molecule has 140 valence electrons. The molecule has 1 aromatic carbocycles. The fourth-order valence-corrected chi connectivity index (χ4v) is 4.07. The van der Waals surface area contributed by atoms with E-state index in [2.05, 4.69) is 4.98 Å². The van der Waals surface area contributed by atoms with Crippen molar-refractivity contribution in [3.63, 3.8) is 0 Å². The number of carbonyl (C=O) groups is 1. The Bertz CT molecular complexity index is 920. The number of rotatable bonds is 7. The van der Waals surface area contributed by atoms with Gasteiger partial charge in [0.25, 0.3) is 0 Å². The van der Waals surface area contributed by atoms with E-state index in [4.69, 9.17) is 5.73 Å². The van der Waals surface area contributed by atoms with Crippen molar-refractivity contribution in [2.45, 2.75) is 30.1 Å². The predicted molar refractivity (Wildman–Crippen MR) is 96.9 cm³/mol. The van der Waals surface area contributed by atoms with Crippen molar-refractivity contribution >= 4 is 15.8 Å². The standard InChI is InChI=1S/C18H23N3O4S/c1-12(9-19)7-13-8-18(13,17(22)23)16-10-21(11-20-16)14-3-5-15(6-4-14)26(2,24)25/h3-6,10-13H,7-9,19H2,1-2H3,(H,22,23)/t12?,13-,18+/m0/s1. The zero-order valence-corrected chi connectivity index (χ0v) is 15.6. The van der Waals surface area contributed by atoms with Gasteiger partial charge in [0.2, 0.25) is 0 Å². The van der Waals surface area contributed by atoms with Crippen molar-refractivity contribution < 1.29 is 18.3 Å². The van der Waals surface area contributed by atoms with Crippen LogP contribution in [0, 0.1) is 11.8 Å². The van der Waals surface area contributed by atoms with Gasteiger partial charge in [-0.15, -0.1) is 0 Å². The molecule has 1 heterocycles. The SMILES string of the molecule is CC(CN)C[C@H]1C[C@]1(C(=O)O)c1cn(-c2ccc(S(C)(=O)=O)cc2)cn1. The lowest BCUT2D eigenvalue weighted by molar-refractivity contribution is -0.140. The molecule has 0 saturated heterocycles. The van der Waals surface area contributed by atoms with Gasteiger partial charge in [0.15, 0.2) is 9.84 Å². The molecule has 3 N–H and O–H groups in total. The number of aromatic nitrogens is 2. The fourth-order valence-electron chi connectivity index (χ4n) is 3.44. The Balaban J connectivity index is 1.86. The normalized spacial score (nSPS) is 23.6. The van der Waals surface area contributed by atoms with Crippen LogP contribution in [0.15, 0.2) is 41.7 Å². The lowest BCUT2D eigenvalue weighted by atomic mass is 9.94. The zero-order chi connectivity index (χ0) is 19.1. The summed E-state index contributed by atoms with van der Waals surface area (Å²) in [5, 5.41) is 9.77. The minimum atomic E-state index is -3.26. The van der Waals surface area contributed by atoms with E-state index < -0.39 is 21.2 Å². The number of hydrogen-bond donors (Lipinski definition) is 2. The van der Waals surface area contributed by atoms with Gasteiger partial charge in [-0.1, -0.05) is 6.92 Å². The number of hydrogen-bond acceptors (Lipinski definition) is 5. The molecule has 8 heteroatoms. The molecule has 26 heavy (non-hydrogen) atoms. The van der Waals surface area contributed by atoms with E-state index >= 15 is 0 Å². The molecule has 2 aromatic rings. The maximum Gasteiger partial charge on any atom is 0.316 e. The average Bonchev–Trinajstić information content (AvgIpc) is 3.10. The van der Waals surface area contributed by atoms with E-state index in [-0.39, 0.29) is 16.7 Å². The van der Waals surface area contributed by atoms with Crippen molar-refractivity contribution in [3.05, 3.63) is 42.5 Å². The van der Waals surface area contributed by atoms with E-state index in [9.17, 15) is 18.3 Å². The molecule has 1 aromatic heterocycles. The number of nitrogens with two attached hydrogens (primary N) is 1. The van der Waals surface area contributed by atoms with Crippen LogP contribution in [0.3, 0.4) is 0 Å². The first-order chi connectivity index (χ1) is 12.2. The molecule has 0 bridgehead atoms. The topological polar surface area (TPSA) is 115 Å². The Morgan fingerprint density at radius 3 is 2.62 bits per heavy atom. The van der Waals surface area contributed by atoms with Crippen molar-refractivity contribution in [3.8, 4) is 5.69 Å². The second-order valence-electron chi connectivity index (χ2n) is 7.19. The largest absolute Gasteiger partial charge is 0.481 e. The third kappa shape index (κ3) is 3.26. The third-order valence-electron chi connectivity index (χ3n) is 5.18. The van der Waals surface area contributed by atoms with Crippen molar-refractivity contribution in [2.24, 2.45) is 17.6 Å². The van der Waals surface area contributed by atoms with Crippen LogP contribution in [0.1, 0.15) is 25.5 Å². The smallest absolute Gasteiger partial charge is 0.316 e. The summed E-state index contributed by atoms with van der Waals surface area (Å²) in [7, 11) is -3.26. The Hall–Kier alpha value is -2.19. The van der Waals surface area contributed by atoms with Gasteiger partial charge >= 0.3 is 5.97 Å². The Morgan fingerprint density at radius 2 is 2.08 bits per heavy atom. The minimum absolute atomic E-state index is 0.0366. The van der Waals surface area contributed by atoms with Crippen molar-refractivity contribution in [1.82, 2.24) is 9.55 Å². The predicted octanol–water partition coefficient (Wildman–Crippen LogP) is 1.60. The van der Waals surface area contributed by atoms with E-state index in [1.807, 2.05) is 6.92 Å². The maximum absolute atomic E-state index is 11.9. The molecule has 1 saturated carbocycles. The zero-order valence-electron chi connectivity index (χ0n) is 14.8. The van der Waals surface area contributed by atoms with Gasteiger partial charge < -0.3 is 15.4 Å². The molecule has 1 aliphatic carbocycles. The molecular weight excluding hydrogens is 354 g/mol. The molecule has 1 aliphatic rings. The van der Waals surface area contributed by atoms with Crippen LogP contribution in [0.25, 0.3) is 5.69 Å². The van der Waals surface area contributed by atoms with E-state index in [0.717, 1.165) is 18.4 Å². The van der Waals surface area contributed by atoms with Crippen LogP contribution >= 0.6 is 0 Å². The Morgan fingerprint density at radius 1 is 1.42 bits per heavy atom. The number of sulfone groups is 1. The highest BCUT2D eigenvalue weighted by Gasteiger charge is 2.62. The quantitative estimate of drug-likeness (QED) is 0.757. The number of nitrogens with zero attached hydrogens (tertiary/aromatic N) is 2. The number of benzene rings is 1. The maximum atomic E-state index is 11.9. The Kier molecular flexibility index (Phi) is 4.66. The van der Waals surface area contributed by atoms with Crippen LogP contribution in [0.4, 0.5) is 0 Å². The third-order valence-corrected chi connectivity index (χ3v) is 6.31. The molecule has 3 rings (SSSR count). The molecule has 3 atom stereocenters. The summed E-state index contributed by atoms with van der Waals surface area (Å²) in [5.74, 6) is -0.550. The number of carboxylic acid groups (broad SMARTS) is 1. The summed E-state index contributed by atoms with van der Waals surface area (Å²) >= 11 is 0. The van der Waals surface area contributed by atoms with Gasteiger partial charge in [0, 0.05) is 18.1 Å². The molecule has 1 unspecified atom stereocenters. The van der Waals surface area contributed by atoms with Crippen LogP contribution < -0.4 is 5.73 Å². The lowest BCUT2D eigenvalue weighted by Crippen LogP contribution is -2.24. The molecule has 7 nitrogen and oxygen atoms in total. The highest BCUT2D eigenvalue weighted by Crippen LogP contribution is 2.56. The summed E-state index contributed by atoms with van der Waals surface area (Å²) in [6.07, 6.45) is 5.77. The molecule has 0 spiro atoms. The van der Waals surface area contributed by atoms with E-state index in [0.29, 0.717) is 18.7 Å². The summed E-state index contributed by atoms with van der Waals surface area (Å²) in [6, 6.07) is 6.41. The molecular formula is C18H23N3O4S. The monoisotopic (exact) mass is 377 g/mol. The van der Waals surface area contributed by atoms with Gasteiger partial charge in [-0.05, 0) is 55.5 Å². The van der Waals surface area contributed by atoms with Crippen LogP contribution in [-0.4, -0.2) is 41.8 Å². The van der Waals surface area contributed by atoms with Gasteiger partial charge in [-0.2, -0.15) is 0 Å². The summed E-state index contributed by atoms with van der Waals surface area (Å²) in [6.45, 7) is 2.56. The number of imidazole rings is 1. The second kappa shape index (κ2) is 6.51. The van der Waals surface area contributed by atoms with E-state index in [1.54, 1.807) is 29.2 Å². The summed E-state index contributed by atoms with van der Waals surface area (Å²) in [5.41, 5.74) is 5.98. The average molecular weight is 377 g/mol. The van der Waals surface area contributed by atoms with Gasteiger partial charge in [0.1, 0.15) is 5.41 Å². The molecule has 0 radical (unpaired) electrons. The van der Waals surface area contributed by atoms with Crippen LogP contribution in [-0.2, 0) is 20.0 Å². The van der Waals surface area contributed by atoms with Crippen LogP contribution in [0.5, 0.6) is 0 Å². The van der Waals surface area contributed by atoms with E-state index in [1.165, 1.54) is 12.1 Å². The number of aliphatic carboxylic acids is 1. The molecule has 0 aliphatic heterocycles. The first-order valence-corrected chi connectivity index (χ1v) is 10.4. The summed E-state index contributed by atoms with van der Waals surface area (Å²) < 4.78 is 24.8. The highest BCUT2D eigenvalue weighted by atomic mass is 32.2. The lowest BCUT2D eigenvalue weighted by Gasteiger charge is -2.12. The van der Waals surface area contributed by atoms with Gasteiger partial charge in [0.05, 0.1) is 16.9 Å². The Labute approximate surface area is 152 Å². The summed E-state index contributed by atoms with van der Waals surface area (Å²) in [4.78, 5) is 16.5. The van der Waals surface area contributed by atoms with Crippen molar-refractivity contribution in [2.75, 3.05) is 12.8 Å². The van der Waals surface area contributed by atoms with Gasteiger partial charge in [-0.25, -0.2) is 13.4 Å². The minimum Gasteiger partial charge on any atom is -0.481 e. The first kappa shape index (κ1) is 18.6. The molecule has 1 fully saturated rings. The van der Waals surface area contributed by atoms with Crippen LogP contribution in [0.2, 0.25) is 0 Å². The second-order valence-corrected chi connectivity index (χ2v) is 9.20. The highest BCUT2D eigenvalue weighted by molar-refractivity contribution is 7.90.